The van der Waals surface area contributed by atoms with Crippen LogP contribution in [0.1, 0.15) is 97.6 Å². The van der Waals surface area contributed by atoms with Crippen LogP contribution >= 0.6 is 0 Å². The normalized spacial score (nSPS) is 16.9. The lowest BCUT2D eigenvalue weighted by Crippen LogP contribution is -2.53. The second kappa shape index (κ2) is 44.5. The molecule has 6 aliphatic heterocycles. The molecular formula is C82H107N11O20. The van der Waals surface area contributed by atoms with E-state index in [-0.39, 0.29) is 74.2 Å². The topological polar surface area (TPSA) is 336 Å². The molecule has 4 aromatic rings. The van der Waals surface area contributed by atoms with Gasteiger partial charge in [0.1, 0.15) is 12.1 Å². The van der Waals surface area contributed by atoms with Gasteiger partial charge in [0.05, 0.1) is 168 Å². The number of nitrogens with one attached hydrogen (secondary N) is 4. The first-order valence-electron chi connectivity index (χ1n) is 38.8. The molecule has 4 atom stereocenters. The van der Waals surface area contributed by atoms with Crippen LogP contribution in [0.25, 0.3) is 11.1 Å². The van der Waals surface area contributed by atoms with Crippen LogP contribution in [-0.4, -0.2) is 283 Å². The highest BCUT2D eigenvalue weighted by Crippen LogP contribution is 2.42. The maximum Gasteiger partial charge on any atom is 0.260 e. The Morgan fingerprint density at radius 1 is 0.496 bits per heavy atom. The zero-order valence-electron chi connectivity index (χ0n) is 65.5. The van der Waals surface area contributed by atoms with Gasteiger partial charge in [0.15, 0.2) is 23.0 Å². The number of imide groups is 1. The molecule has 0 saturated carbocycles. The molecule has 10 rings (SSSR count). The van der Waals surface area contributed by atoms with Crippen LogP contribution in [0.3, 0.4) is 0 Å². The number of rotatable bonds is 49. The summed E-state index contributed by atoms with van der Waals surface area (Å²) in [4.78, 5) is 122. The number of nitrogens with zero attached hydrogens (tertiary/aromatic N) is 7. The number of unbranched alkanes of at least 4 members (excludes halogenated alkanes) is 2. The van der Waals surface area contributed by atoms with Crippen LogP contribution in [0.4, 0.5) is 22.7 Å². The minimum Gasteiger partial charge on any atom is -0.493 e. The lowest BCUT2D eigenvalue weighted by Gasteiger charge is -2.34. The van der Waals surface area contributed by atoms with Gasteiger partial charge in [0.2, 0.25) is 23.6 Å². The van der Waals surface area contributed by atoms with Crippen LogP contribution in [-0.2, 0) is 66.7 Å². The fraction of sp³-hybridized carbons (Fsp3) is 0.512. The van der Waals surface area contributed by atoms with Gasteiger partial charge in [-0.1, -0.05) is 38.1 Å². The third-order valence-corrected chi connectivity index (χ3v) is 19.5. The van der Waals surface area contributed by atoms with E-state index in [0.29, 0.717) is 183 Å². The van der Waals surface area contributed by atoms with Gasteiger partial charge in [0, 0.05) is 125 Å². The Hall–Kier alpha value is -9.96. The molecule has 1 saturated heterocycles. The van der Waals surface area contributed by atoms with E-state index in [0.717, 1.165) is 66.2 Å². The number of likely N-dealkylation sites (N-methyl/N-ethyl adjacent to an activating group) is 1. The molecule has 0 aromatic heterocycles. The summed E-state index contributed by atoms with van der Waals surface area (Å²) in [5, 5.41) is 11.0. The minimum absolute atomic E-state index is 0.0143. The number of anilines is 2. The maximum absolute atomic E-state index is 14.2. The number of piperazine rings is 1. The van der Waals surface area contributed by atoms with Crippen molar-refractivity contribution in [1.82, 2.24) is 35.6 Å². The second-order valence-electron chi connectivity index (χ2n) is 28.0. The fourth-order valence-corrected chi connectivity index (χ4v) is 13.0. The molecule has 0 unspecified atom stereocenters. The number of carbonyl (C=O) groups is 8. The third-order valence-electron chi connectivity index (χ3n) is 19.5. The molecule has 113 heavy (non-hydrogen) atoms. The summed E-state index contributed by atoms with van der Waals surface area (Å²) in [6.45, 7) is 16.0. The van der Waals surface area contributed by atoms with E-state index in [1.165, 1.54) is 24.9 Å². The molecule has 1 fully saturated rings. The van der Waals surface area contributed by atoms with E-state index in [4.69, 9.17) is 66.8 Å². The number of ether oxygens (including phenoxy) is 12. The SMILES string of the molecule is COc1cc2c(cc1OCCCCCOc1cc3c(cc1OC)C(=O)N1C=C(c4ccc(N5CCN(C)CC5)cc4)C[C@H]1C=N3)N=C[C@@H]1CC(c3ccc(NC(=O)[C@H](C)NC(=O)[C@@H](NC(=O)CCOCCOCCOCCOCCOCCOCCOCCOCCNC(=O)CCN4C(=O)C=CC4=O)C(C)C)cc3)=CN1C2=O. The number of benzene rings is 4. The predicted octanol–water partition coefficient (Wildman–Crippen LogP) is 6.56. The minimum atomic E-state index is -0.939. The Morgan fingerprint density at radius 2 is 0.947 bits per heavy atom. The zero-order valence-corrected chi connectivity index (χ0v) is 65.5. The number of carbonyl (C=O) groups excluding carboxylic acids is 8. The van der Waals surface area contributed by atoms with E-state index in [2.05, 4.69) is 62.4 Å². The molecule has 4 N–H and O–H groups in total. The molecule has 0 spiro atoms. The fourth-order valence-electron chi connectivity index (χ4n) is 13.0. The van der Waals surface area contributed by atoms with Gasteiger partial charge in [-0.05, 0) is 97.8 Å². The molecule has 31 nitrogen and oxygen atoms in total. The van der Waals surface area contributed by atoms with Crippen LogP contribution in [0, 0.1) is 5.92 Å². The van der Waals surface area contributed by atoms with Gasteiger partial charge >= 0.3 is 0 Å². The summed E-state index contributed by atoms with van der Waals surface area (Å²) in [5.74, 6) is -1.27. The third kappa shape index (κ3) is 25.5. The van der Waals surface area contributed by atoms with Crippen LogP contribution < -0.4 is 45.1 Å². The molecule has 4 aromatic carbocycles. The van der Waals surface area contributed by atoms with Crippen molar-refractivity contribution in [2.24, 2.45) is 15.9 Å². The van der Waals surface area contributed by atoms with E-state index < -0.39 is 35.7 Å². The van der Waals surface area contributed by atoms with E-state index >= 15 is 0 Å². The van der Waals surface area contributed by atoms with Crippen molar-refractivity contribution in [3.63, 3.8) is 0 Å². The van der Waals surface area contributed by atoms with Crippen molar-refractivity contribution in [1.29, 1.82) is 0 Å². The van der Waals surface area contributed by atoms with E-state index in [1.54, 1.807) is 80.3 Å². The van der Waals surface area contributed by atoms with Crippen molar-refractivity contribution in [2.75, 3.05) is 190 Å². The molecule has 0 aliphatic carbocycles. The highest BCUT2D eigenvalue weighted by Gasteiger charge is 2.36. The molecule has 0 radical (unpaired) electrons. The summed E-state index contributed by atoms with van der Waals surface area (Å²) in [5.41, 5.74) is 7.46. The average molecular weight is 1570 g/mol. The van der Waals surface area contributed by atoms with E-state index in [9.17, 15) is 38.4 Å². The maximum atomic E-state index is 14.2. The van der Waals surface area contributed by atoms with Crippen LogP contribution in [0.15, 0.2) is 107 Å². The highest BCUT2D eigenvalue weighted by atomic mass is 16.6. The number of aliphatic imine (C=N–C) groups is 2. The highest BCUT2D eigenvalue weighted by molar-refractivity contribution is 6.13. The zero-order chi connectivity index (χ0) is 79.9. The van der Waals surface area contributed by atoms with Crippen molar-refractivity contribution < 1.29 is 95.2 Å². The van der Waals surface area contributed by atoms with Gasteiger partial charge < -0.3 is 97.7 Å². The van der Waals surface area contributed by atoms with Gasteiger partial charge in [-0.15, -0.1) is 0 Å². The Morgan fingerprint density at radius 3 is 1.41 bits per heavy atom. The number of hydrogen-bond donors (Lipinski definition) is 4. The quantitative estimate of drug-likeness (QED) is 0.0268. The second-order valence-corrected chi connectivity index (χ2v) is 28.0. The molecular weight excluding hydrogens is 1460 g/mol. The monoisotopic (exact) mass is 1570 g/mol. The van der Waals surface area contributed by atoms with Crippen molar-refractivity contribution in [3.05, 3.63) is 120 Å². The number of amides is 8. The van der Waals surface area contributed by atoms with Gasteiger partial charge in [-0.25, -0.2) is 0 Å². The molecule has 6 aliphatic rings. The van der Waals surface area contributed by atoms with Gasteiger partial charge in [-0.2, -0.15) is 0 Å². The molecule has 31 heteroatoms. The summed E-state index contributed by atoms with van der Waals surface area (Å²) in [6, 6.07) is 20.4. The lowest BCUT2D eigenvalue weighted by atomic mass is 10.0. The first-order valence-corrected chi connectivity index (χ1v) is 38.8. The van der Waals surface area contributed by atoms with E-state index in [1.807, 2.05) is 30.7 Å². The van der Waals surface area contributed by atoms with Crippen LogP contribution in [0.2, 0.25) is 0 Å². The standard InChI is InChI=1S/C82H107N11O20/c1-56(2)78(88-75(95)21-30-104-32-34-106-36-38-108-40-42-110-44-45-111-43-41-109-39-37-107-35-33-105-31-22-83-74(94)20-23-91-76(96)18-19-77(91)97)80(99)86-57(3)79(98)87-62-14-10-58(11-15-62)60-46-64-52-84-68-50-72(70(102-5)48-66(68)81(100)92(64)54-60)112-28-8-7-9-29-113-73-51-69-67(49-71(73)103-6)82(101)93-55-61(47-65(93)53-85-69)59-12-16-63(17-13-59)90-26-24-89(4)25-27-90/h10-19,48-57,64-65,78H,7-9,20-47H2,1-6H3,(H,83,94)(H,86,99)(H,87,98)(H,88,95)/t57-,64-,65-,78-/m0/s1. The molecule has 610 valence electrons. The Bertz CT molecular complexity index is 4010. The lowest BCUT2D eigenvalue weighted by molar-refractivity contribution is -0.137. The Balaban J connectivity index is 0.535. The molecule has 8 amide bonds. The smallest absolute Gasteiger partial charge is 0.260 e. The van der Waals surface area contributed by atoms with Crippen molar-refractivity contribution in [2.45, 2.75) is 89.9 Å². The summed E-state index contributed by atoms with van der Waals surface area (Å²) < 4.78 is 68.0. The average Bonchev–Trinajstić information content (AvgIpc) is 1.64. The number of fused-ring (bicyclic) bond motifs is 4. The van der Waals surface area contributed by atoms with Crippen molar-refractivity contribution in [3.8, 4) is 23.0 Å². The number of methoxy groups -OCH3 is 2. The molecule has 6 heterocycles. The van der Waals surface area contributed by atoms with Crippen LogP contribution in [0.5, 0.6) is 23.0 Å². The van der Waals surface area contributed by atoms with Gasteiger partial charge in [-0.3, -0.25) is 53.2 Å². The first kappa shape index (κ1) is 85.5. The summed E-state index contributed by atoms with van der Waals surface area (Å²) in [7, 11) is 5.25. The Kier molecular flexibility index (Phi) is 33.6. The molecule has 0 bridgehead atoms. The summed E-state index contributed by atoms with van der Waals surface area (Å²) >= 11 is 0. The predicted molar refractivity (Wildman–Crippen MR) is 422 cm³/mol. The first-order chi connectivity index (χ1) is 54.9. The Labute approximate surface area is 659 Å². The summed E-state index contributed by atoms with van der Waals surface area (Å²) in [6.07, 6.45) is 13.2. The van der Waals surface area contributed by atoms with Crippen molar-refractivity contribution >= 4 is 93.6 Å². The van der Waals surface area contributed by atoms with Gasteiger partial charge in [0.25, 0.3) is 23.6 Å². The number of hydrogen-bond acceptors (Lipinski definition) is 24. The largest absolute Gasteiger partial charge is 0.493 e.